The van der Waals surface area contributed by atoms with E-state index in [0.29, 0.717) is 42.5 Å². The minimum atomic E-state index is -0.266. The first kappa shape index (κ1) is 14.5. The summed E-state index contributed by atoms with van der Waals surface area (Å²) in [5, 5.41) is 5.77. The maximum absolute atomic E-state index is 12.0. The van der Waals surface area contributed by atoms with Crippen molar-refractivity contribution in [1.29, 1.82) is 0 Å². The number of amides is 3. The Bertz CT molecular complexity index is 522. The molecule has 0 atom stereocenters. The van der Waals surface area contributed by atoms with Gasteiger partial charge in [0.05, 0.1) is 17.7 Å². The standard InChI is InChI=1S/C13H16ClN3O3/c1-20-9-2-3-10(11(14)8-9)12(18)15-4-6-17-7-5-16-13(17)19/h2-3,8H,4-7H2,1H3,(H,15,18)(H,16,19). The van der Waals surface area contributed by atoms with E-state index in [1.54, 1.807) is 23.1 Å². The summed E-state index contributed by atoms with van der Waals surface area (Å²) in [6, 6.07) is 4.78. The number of hydrogen-bond acceptors (Lipinski definition) is 3. The van der Waals surface area contributed by atoms with Crippen LogP contribution >= 0.6 is 11.6 Å². The fourth-order valence-corrected chi connectivity index (χ4v) is 2.19. The van der Waals surface area contributed by atoms with Crippen LogP contribution in [0.15, 0.2) is 18.2 Å². The van der Waals surface area contributed by atoms with Gasteiger partial charge in [-0.3, -0.25) is 4.79 Å². The molecule has 0 unspecified atom stereocenters. The lowest BCUT2D eigenvalue weighted by atomic mass is 10.2. The lowest BCUT2D eigenvalue weighted by molar-refractivity contribution is 0.0950. The van der Waals surface area contributed by atoms with Crippen LogP contribution in [0.5, 0.6) is 5.75 Å². The third-order valence-corrected chi connectivity index (χ3v) is 3.35. The number of nitrogens with zero attached hydrogens (tertiary/aromatic N) is 1. The maximum Gasteiger partial charge on any atom is 0.317 e. The molecular weight excluding hydrogens is 282 g/mol. The molecule has 2 N–H and O–H groups in total. The van der Waals surface area contributed by atoms with E-state index >= 15 is 0 Å². The second-order valence-corrected chi connectivity index (χ2v) is 4.73. The predicted molar refractivity (Wildman–Crippen MR) is 75.3 cm³/mol. The average molecular weight is 298 g/mol. The molecule has 20 heavy (non-hydrogen) atoms. The van der Waals surface area contributed by atoms with Gasteiger partial charge in [0.15, 0.2) is 0 Å². The van der Waals surface area contributed by atoms with Gasteiger partial charge in [-0.15, -0.1) is 0 Å². The molecule has 1 aliphatic heterocycles. The van der Waals surface area contributed by atoms with E-state index in [0.717, 1.165) is 0 Å². The topological polar surface area (TPSA) is 70.7 Å². The molecule has 0 radical (unpaired) electrons. The number of rotatable bonds is 5. The first-order chi connectivity index (χ1) is 9.61. The van der Waals surface area contributed by atoms with E-state index in [-0.39, 0.29) is 11.9 Å². The summed E-state index contributed by atoms with van der Waals surface area (Å²) in [4.78, 5) is 24.9. The highest BCUT2D eigenvalue weighted by molar-refractivity contribution is 6.34. The molecule has 1 aromatic carbocycles. The van der Waals surface area contributed by atoms with E-state index in [1.807, 2.05) is 0 Å². The van der Waals surface area contributed by atoms with Gasteiger partial charge in [0.1, 0.15) is 5.75 Å². The van der Waals surface area contributed by atoms with Crippen LogP contribution in [-0.2, 0) is 0 Å². The Morgan fingerprint density at radius 3 is 2.95 bits per heavy atom. The number of carbonyl (C=O) groups is 2. The van der Waals surface area contributed by atoms with Crippen LogP contribution in [0, 0.1) is 0 Å². The highest BCUT2D eigenvalue weighted by Gasteiger charge is 2.19. The summed E-state index contributed by atoms with van der Waals surface area (Å²) in [6.07, 6.45) is 0. The lowest BCUT2D eigenvalue weighted by Crippen LogP contribution is -2.36. The molecule has 3 amide bonds. The molecule has 6 nitrogen and oxygen atoms in total. The van der Waals surface area contributed by atoms with E-state index in [2.05, 4.69) is 10.6 Å². The predicted octanol–water partition coefficient (Wildman–Crippen LogP) is 1.10. The van der Waals surface area contributed by atoms with Gasteiger partial charge in [0.25, 0.3) is 5.91 Å². The average Bonchev–Trinajstić information content (AvgIpc) is 2.84. The zero-order valence-corrected chi connectivity index (χ0v) is 11.9. The first-order valence-corrected chi connectivity index (χ1v) is 6.64. The van der Waals surface area contributed by atoms with Crippen LogP contribution in [0.25, 0.3) is 0 Å². The number of carbonyl (C=O) groups excluding carboxylic acids is 2. The molecule has 1 fully saturated rings. The summed E-state index contributed by atoms with van der Waals surface area (Å²) in [5.41, 5.74) is 0.387. The minimum absolute atomic E-state index is 0.0956. The van der Waals surface area contributed by atoms with Crippen molar-refractivity contribution < 1.29 is 14.3 Å². The Morgan fingerprint density at radius 2 is 2.35 bits per heavy atom. The summed E-state index contributed by atoms with van der Waals surface area (Å²) in [6.45, 7) is 2.18. The number of methoxy groups -OCH3 is 1. The highest BCUT2D eigenvalue weighted by atomic mass is 35.5. The molecular formula is C13H16ClN3O3. The Labute approximate surface area is 122 Å². The molecule has 2 rings (SSSR count). The number of benzene rings is 1. The monoisotopic (exact) mass is 297 g/mol. The maximum atomic E-state index is 12.0. The Balaban J connectivity index is 1.87. The van der Waals surface area contributed by atoms with Crippen molar-refractivity contribution in [2.24, 2.45) is 0 Å². The molecule has 0 aliphatic carbocycles. The molecule has 0 spiro atoms. The largest absolute Gasteiger partial charge is 0.497 e. The quantitative estimate of drug-likeness (QED) is 0.855. The third-order valence-electron chi connectivity index (χ3n) is 3.03. The van der Waals surface area contributed by atoms with Crippen molar-refractivity contribution in [3.63, 3.8) is 0 Å². The second-order valence-electron chi connectivity index (χ2n) is 4.32. The number of nitrogens with one attached hydrogen (secondary N) is 2. The summed E-state index contributed by atoms with van der Waals surface area (Å²) in [5.74, 6) is 0.331. The van der Waals surface area contributed by atoms with E-state index in [9.17, 15) is 9.59 Å². The second kappa shape index (κ2) is 6.47. The van der Waals surface area contributed by atoms with Crippen molar-refractivity contribution in [3.05, 3.63) is 28.8 Å². The van der Waals surface area contributed by atoms with Crippen LogP contribution in [0.2, 0.25) is 5.02 Å². The molecule has 7 heteroatoms. The summed E-state index contributed by atoms with van der Waals surface area (Å²) < 4.78 is 5.02. The van der Waals surface area contributed by atoms with Gasteiger partial charge in [0, 0.05) is 26.2 Å². The number of urea groups is 1. The zero-order valence-electron chi connectivity index (χ0n) is 11.1. The number of halogens is 1. The Morgan fingerprint density at radius 1 is 1.55 bits per heavy atom. The Hall–Kier alpha value is -1.95. The molecule has 1 aromatic rings. The normalized spacial score (nSPS) is 14.1. The number of hydrogen-bond donors (Lipinski definition) is 2. The van der Waals surface area contributed by atoms with E-state index in [4.69, 9.17) is 16.3 Å². The SMILES string of the molecule is COc1ccc(C(=O)NCCN2CCNC2=O)c(Cl)c1. The third kappa shape index (κ3) is 3.33. The smallest absolute Gasteiger partial charge is 0.317 e. The summed E-state index contributed by atoms with van der Waals surface area (Å²) >= 11 is 6.02. The molecule has 108 valence electrons. The Kier molecular flexibility index (Phi) is 4.68. The molecule has 1 saturated heterocycles. The van der Waals surface area contributed by atoms with E-state index in [1.165, 1.54) is 7.11 Å². The lowest BCUT2D eigenvalue weighted by Gasteiger charge is -2.14. The van der Waals surface area contributed by atoms with Crippen LogP contribution in [0.1, 0.15) is 10.4 Å². The molecule has 1 heterocycles. The zero-order chi connectivity index (χ0) is 14.5. The van der Waals surface area contributed by atoms with Gasteiger partial charge in [0.2, 0.25) is 0 Å². The van der Waals surface area contributed by atoms with Gasteiger partial charge in [-0.25, -0.2) is 4.79 Å². The highest BCUT2D eigenvalue weighted by Crippen LogP contribution is 2.22. The number of ether oxygens (including phenoxy) is 1. The molecule has 0 bridgehead atoms. The van der Waals surface area contributed by atoms with Gasteiger partial charge in [-0.1, -0.05) is 11.6 Å². The fraction of sp³-hybridized carbons (Fsp3) is 0.385. The van der Waals surface area contributed by atoms with Crippen molar-refractivity contribution in [1.82, 2.24) is 15.5 Å². The summed E-state index contributed by atoms with van der Waals surface area (Å²) in [7, 11) is 1.53. The van der Waals surface area contributed by atoms with Crippen molar-refractivity contribution in [2.45, 2.75) is 0 Å². The van der Waals surface area contributed by atoms with E-state index < -0.39 is 0 Å². The van der Waals surface area contributed by atoms with Crippen molar-refractivity contribution in [2.75, 3.05) is 33.3 Å². The van der Waals surface area contributed by atoms with Gasteiger partial charge < -0.3 is 20.3 Å². The fourth-order valence-electron chi connectivity index (χ4n) is 1.93. The van der Waals surface area contributed by atoms with Gasteiger partial charge in [-0.05, 0) is 18.2 Å². The van der Waals surface area contributed by atoms with Crippen molar-refractivity contribution >= 4 is 23.5 Å². The van der Waals surface area contributed by atoms with Crippen LogP contribution in [0.3, 0.4) is 0 Å². The van der Waals surface area contributed by atoms with Crippen LogP contribution < -0.4 is 15.4 Å². The van der Waals surface area contributed by atoms with Crippen molar-refractivity contribution in [3.8, 4) is 5.75 Å². The van der Waals surface area contributed by atoms with Gasteiger partial charge in [-0.2, -0.15) is 0 Å². The first-order valence-electron chi connectivity index (χ1n) is 6.26. The molecule has 1 aliphatic rings. The van der Waals surface area contributed by atoms with Gasteiger partial charge >= 0.3 is 6.03 Å². The van der Waals surface area contributed by atoms with Crippen LogP contribution in [0.4, 0.5) is 4.79 Å². The molecule has 0 saturated carbocycles. The minimum Gasteiger partial charge on any atom is -0.497 e. The van der Waals surface area contributed by atoms with Crippen LogP contribution in [-0.4, -0.2) is 50.1 Å². The molecule has 0 aromatic heterocycles.